The quantitative estimate of drug-likeness (QED) is 0.485. The number of Topliss-reactive ketones (excluding diaryl/α,β-unsaturated/α-hetero) is 2. The molecule has 1 atom stereocenters. The summed E-state index contributed by atoms with van der Waals surface area (Å²) in [4.78, 5) is 22.2. The normalized spacial score (nSPS) is 14.0. The van der Waals surface area contributed by atoms with E-state index in [4.69, 9.17) is 0 Å². The van der Waals surface area contributed by atoms with Crippen molar-refractivity contribution in [2.45, 2.75) is 12.4 Å². The molecule has 1 unspecified atom stereocenters. The molecule has 0 aliphatic rings. The second-order valence-corrected chi connectivity index (χ2v) is 3.57. The van der Waals surface area contributed by atoms with Crippen LogP contribution in [0.2, 0.25) is 0 Å². The Morgan fingerprint density at radius 1 is 0.895 bits per heavy atom. The maximum Gasteiger partial charge on any atom is 0.451 e. The average Bonchev–Trinajstić information content (AvgIpc) is 2.27. The molecule has 0 bridgehead atoms. The number of hydrogen-bond donors (Lipinski definition) is 0. The summed E-state index contributed by atoms with van der Waals surface area (Å²) in [5.41, 5.74) is -0.609. The third-order valence-corrected chi connectivity index (χ3v) is 2.19. The van der Waals surface area contributed by atoms with Crippen molar-refractivity contribution in [2.24, 2.45) is 5.92 Å². The fourth-order valence-electron chi connectivity index (χ4n) is 1.35. The molecular weight excluding hydrogens is 278 g/mol. The molecule has 2 nitrogen and oxygen atoms in total. The van der Waals surface area contributed by atoms with Gasteiger partial charge in [0.1, 0.15) is 0 Å². The van der Waals surface area contributed by atoms with Crippen molar-refractivity contribution in [3.63, 3.8) is 0 Å². The largest absolute Gasteiger partial charge is 0.451 e. The number of carbonyl (C=O) groups is 2. The summed E-state index contributed by atoms with van der Waals surface area (Å²) in [5, 5.41) is 0. The van der Waals surface area contributed by atoms with E-state index in [1.807, 2.05) is 0 Å². The molecule has 0 aliphatic heterocycles. The molecule has 0 heterocycles. The summed E-state index contributed by atoms with van der Waals surface area (Å²) in [7, 11) is 0. The highest BCUT2D eigenvalue weighted by molar-refractivity contribution is 6.12. The number of carbonyl (C=O) groups excluding carboxylic acids is 2. The molecule has 1 rings (SSSR count). The zero-order valence-electron chi connectivity index (χ0n) is 9.05. The van der Waals surface area contributed by atoms with Crippen molar-refractivity contribution in [2.75, 3.05) is 0 Å². The third kappa shape index (κ3) is 3.55. The fourth-order valence-corrected chi connectivity index (χ4v) is 1.35. The number of alkyl halides is 6. The monoisotopic (exact) mass is 284 g/mol. The Bertz CT molecular complexity index is 474. The van der Waals surface area contributed by atoms with E-state index in [1.54, 1.807) is 0 Å². The van der Waals surface area contributed by atoms with Gasteiger partial charge in [-0.15, -0.1) is 0 Å². The maximum absolute atomic E-state index is 12.5. The van der Waals surface area contributed by atoms with Crippen LogP contribution >= 0.6 is 0 Å². The SMILES string of the molecule is O=C(c1ccccc1)C(C(=O)C(F)(F)F)C(F)(F)F. The van der Waals surface area contributed by atoms with E-state index in [1.165, 1.54) is 18.2 Å². The summed E-state index contributed by atoms with van der Waals surface area (Å²) in [6, 6.07) is 5.54. The highest BCUT2D eigenvalue weighted by atomic mass is 19.4. The Morgan fingerprint density at radius 2 is 1.37 bits per heavy atom. The first kappa shape index (κ1) is 15.2. The van der Waals surface area contributed by atoms with Crippen molar-refractivity contribution in [3.05, 3.63) is 35.9 Å². The van der Waals surface area contributed by atoms with Crippen LogP contribution in [0, 0.1) is 5.92 Å². The van der Waals surface area contributed by atoms with Crippen LogP contribution < -0.4 is 0 Å². The lowest BCUT2D eigenvalue weighted by Crippen LogP contribution is -2.44. The molecule has 0 fully saturated rings. The van der Waals surface area contributed by atoms with Gasteiger partial charge in [0.2, 0.25) is 0 Å². The highest BCUT2D eigenvalue weighted by Crippen LogP contribution is 2.35. The second kappa shape index (κ2) is 5.02. The van der Waals surface area contributed by atoms with Crippen LogP contribution in [0.3, 0.4) is 0 Å². The molecule has 104 valence electrons. The molecule has 1 aromatic rings. The third-order valence-electron chi connectivity index (χ3n) is 2.19. The highest BCUT2D eigenvalue weighted by Gasteiger charge is 2.58. The zero-order chi connectivity index (χ0) is 14.8. The van der Waals surface area contributed by atoms with Gasteiger partial charge in [0, 0.05) is 5.56 Å². The van der Waals surface area contributed by atoms with Crippen molar-refractivity contribution in [3.8, 4) is 0 Å². The lowest BCUT2D eigenvalue weighted by Gasteiger charge is -2.19. The van der Waals surface area contributed by atoms with Crippen LogP contribution in [-0.2, 0) is 4.79 Å². The van der Waals surface area contributed by atoms with Gasteiger partial charge in [0.05, 0.1) is 0 Å². The standard InChI is InChI=1S/C11H6F6O2/c12-10(13,14)7(9(19)11(15,16)17)8(18)6-4-2-1-3-5-6/h1-5,7H. The maximum atomic E-state index is 12.5. The van der Waals surface area contributed by atoms with E-state index in [0.717, 1.165) is 12.1 Å². The van der Waals surface area contributed by atoms with E-state index in [0.29, 0.717) is 0 Å². The van der Waals surface area contributed by atoms with Crippen molar-refractivity contribution in [1.82, 2.24) is 0 Å². The van der Waals surface area contributed by atoms with E-state index < -0.39 is 35.4 Å². The Kier molecular flexibility index (Phi) is 4.02. The zero-order valence-corrected chi connectivity index (χ0v) is 9.05. The van der Waals surface area contributed by atoms with Gasteiger partial charge in [-0.1, -0.05) is 30.3 Å². The van der Waals surface area contributed by atoms with Crippen molar-refractivity contribution in [1.29, 1.82) is 0 Å². The Balaban J connectivity index is 3.21. The molecule has 0 N–H and O–H groups in total. The number of halogens is 6. The van der Waals surface area contributed by atoms with Crippen LogP contribution in [0.25, 0.3) is 0 Å². The van der Waals surface area contributed by atoms with Crippen LogP contribution in [-0.4, -0.2) is 23.9 Å². The van der Waals surface area contributed by atoms with Gasteiger partial charge in [-0.25, -0.2) is 0 Å². The number of ketones is 2. The molecule has 0 aliphatic carbocycles. The van der Waals surface area contributed by atoms with E-state index >= 15 is 0 Å². The summed E-state index contributed by atoms with van der Waals surface area (Å²) >= 11 is 0. The van der Waals surface area contributed by atoms with Crippen LogP contribution in [0.4, 0.5) is 26.3 Å². The molecular formula is C11H6F6O2. The number of rotatable bonds is 3. The smallest absolute Gasteiger partial charge is 0.293 e. The minimum atomic E-state index is -5.73. The molecule has 8 heteroatoms. The van der Waals surface area contributed by atoms with Gasteiger partial charge < -0.3 is 0 Å². The van der Waals surface area contributed by atoms with E-state index in [-0.39, 0.29) is 0 Å². The first-order chi connectivity index (χ1) is 8.55. The predicted octanol–water partition coefficient (Wildman–Crippen LogP) is 3.18. The molecule has 0 saturated heterocycles. The summed E-state index contributed by atoms with van der Waals surface area (Å²) < 4.78 is 73.8. The Morgan fingerprint density at radius 3 is 1.74 bits per heavy atom. The second-order valence-electron chi connectivity index (χ2n) is 3.57. The first-order valence-electron chi connectivity index (χ1n) is 4.82. The van der Waals surface area contributed by atoms with Crippen molar-refractivity contribution >= 4 is 11.6 Å². The van der Waals surface area contributed by atoms with Crippen molar-refractivity contribution < 1.29 is 35.9 Å². The van der Waals surface area contributed by atoms with Gasteiger partial charge in [-0.2, -0.15) is 26.3 Å². The van der Waals surface area contributed by atoms with Gasteiger partial charge in [0.25, 0.3) is 5.78 Å². The van der Waals surface area contributed by atoms with Crippen LogP contribution in [0.1, 0.15) is 10.4 Å². The summed E-state index contributed by atoms with van der Waals surface area (Å²) in [6.45, 7) is 0. The van der Waals surface area contributed by atoms with E-state index in [9.17, 15) is 35.9 Å². The predicted molar refractivity (Wildman–Crippen MR) is 51.4 cm³/mol. The lowest BCUT2D eigenvalue weighted by atomic mass is 9.92. The number of benzene rings is 1. The molecule has 0 aromatic heterocycles. The first-order valence-corrected chi connectivity index (χ1v) is 4.82. The Hall–Kier alpha value is -1.86. The topological polar surface area (TPSA) is 34.1 Å². The van der Waals surface area contributed by atoms with Gasteiger partial charge in [0.15, 0.2) is 11.7 Å². The summed E-state index contributed by atoms with van der Waals surface area (Å²) in [5.74, 6) is -8.76. The lowest BCUT2D eigenvalue weighted by molar-refractivity contribution is -0.203. The minimum absolute atomic E-state index is 0.609. The molecule has 0 radical (unpaired) electrons. The van der Waals surface area contributed by atoms with Crippen LogP contribution in [0.15, 0.2) is 30.3 Å². The molecule has 1 aromatic carbocycles. The molecule has 0 saturated carbocycles. The Labute approximate surface area is 103 Å². The van der Waals surface area contributed by atoms with Gasteiger partial charge >= 0.3 is 12.4 Å². The minimum Gasteiger partial charge on any atom is -0.293 e. The molecule has 0 spiro atoms. The average molecular weight is 284 g/mol. The summed E-state index contributed by atoms with van der Waals surface area (Å²) in [6.07, 6.45) is -11.3. The van der Waals surface area contributed by atoms with E-state index in [2.05, 4.69) is 0 Å². The fraction of sp³-hybridized carbons (Fsp3) is 0.273. The number of hydrogen-bond acceptors (Lipinski definition) is 2. The van der Waals surface area contributed by atoms with Gasteiger partial charge in [-0.3, -0.25) is 9.59 Å². The van der Waals surface area contributed by atoms with Crippen LogP contribution in [0.5, 0.6) is 0 Å². The molecule has 19 heavy (non-hydrogen) atoms. The van der Waals surface area contributed by atoms with Gasteiger partial charge in [-0.05, 0) is 0 Å². The molecule has 0 amide bonds.